The van der Waals surface area contributed by atoms with Crippen LogP contribution < -0.4 is 16.0 Å². The van der Waals surface area contributed by atoms with Gasteiger partial charge in [-0.05, 0) is 6.42 Å². The molecule has 0 fully saturated rings. The summed E-state index contributed by atoms with van der Waals surface area (Å²) in [5.74, 6) is -0.980. The Morgan fingerprint density at radius 3 is 2.35 bits per heavy atom. The second kappa shape index (κ2) is 9.44. The number of ether oxygens (including phenoxy) is 1. The molecule has 3 N–H and O–H groups in total. The van der Waals surface area contributed by atoms with Crippen molar-refractivity contribution in [1.29, 1.82) is 0 Å². The van der Waals surface area contributed by atoms with Crippen LogP contribution in [0.2, 0.25) is 0 Å². The first-order chi connectivity index (χ1) is 8.10. The average molecular weight is 245 g/mol. The number of nitrogens with one attached hydrogen (secondary N) is 3. The van der Waals surface area contributed by atoms with E-state index in [2.05, 4.69) is 20.7 Å². The molecule has 0 aliphatic carbocycles. The number of rotatable bonds is 7. The number of methoxy groups -OCH3 is 1. The fraction of sp³-hybridized carbons (Fsp3) is 0.700. The predicted octanol–water partition coefficient (Wildman–Crippen LogP) is -0.625. The molecule has 0 aromatic carbocycles. The van der Waals surface area contributed by atoms with Gasteiger partial charge in [0.25, 0.3) is 0 Å². The fourth-order valence-corrected chi connectivity index (χ4v) is 0.907. The zero-order chi connectivity index (χ0) is 13.1. The quantitative estimate of drug-likeness (QED) is 0.411. The van der Waals surface area contributed by atoms with Gasteiger partial charge in [0, 0.05) is 6.54 Å². The number of hydrogen-bond donors (Lipinski definition) is 3. The number of carbonyl (C=O) groups excluding carboxylic acids is 3. The van der Waals surface area contributed by atoms with Crippen LogP contribution in [0.5, 0.6) is 0 Å². The number of urea groups is 1. The van der Waals surface area contributed by atoms with E-state index in [1.54, 1.807) is 0 Å². The maximum atomic E-state index is 11.1. The van der Waals surface area contributed by atoms with Gasteiger partial charge in [0.1, 0.15) is 6.54 Å². The lowest BCUT2D eigenvalue weighted by Gasteiger charge is -2.07. The minimum Gasteiger partial charge on any atom is -0.468 e. The molecule has 0 spiro atoms. The van der Waals surface area contributed by atoms with Crippen LogP contribution in [0.3, 0.4) is 0 Å². The molecule has 0 aliphatic heterocycles. The zero-order valence-electron chi connectivity index (χ0n) is 10.2. The molecule has 7 nitrogen and oxygen atoms in total. The maximum absolute atomic E-state index is 11.1. The predicted molar refractivity (Wildman–Crippen MR) is 61.3 cm³/mol. The van der Waals surface area contributed by atoms with Gasteiger partial charge in [-0.3, -0.25) is 9.59 Å². The van der Waals surface area contributed by atoms with Gasteiger partial charge in [-0.15, -0.1) is 0 Å². The molecular formula is C10H19N3O4. The molecule has 0 aromatic heterocycles. The summed E-state index contributed by atoms with van der Waals surface area (Å²) in [7, 11) is 1.23. The van der Waals surface area contributed by atoms with Crippen LogP contribution in [0.25, 0.3) is 0 Å². The Hall–Kier alpha value is -1.79. The van der Waals surface area contributed by atoms with Crippen molar-refractivity contribution in [2.75, 3.05) is 26.7 Å². The van der Waals surface area contributed by atoms with Crippen LogP contribution in [0.4, 0.5) is 4.79 Å². The Balaban J connectivity index is 3.55. The van der Waals surface area contributed by atoms with Gasteiger partial charge in [-0.2, -0.15) is 0 Å². The Labute approximate surface area is 100 Å². The third-order valence-electron chi connectivity index (χ3n) is 1.88. The van der Waals surface area contributed by atoms with E-state index in [9.17, 15) is 14.4 Å². The normalized spacial score (nSPS) is 9.29. The second-order valence-electron chi connectivity index (χ2n) is 3.32. The van der Waals surface area contributed by atoms with E-state index in [1.165, 1.54) is 7.11 Å². The van der Waals surface area contributed by atoms with Gasteiger partial charge in [-0.1, -0.05) is 13.3 Å². The molecule has 0 rings (SSSR count). The van der Waals surface area contributed by atoms with Crippen molar-refractivity contribution in [2.24, 2.45) is 0 Å². The summed E-state index contributed by atoms with van der Waals surface area (Å²) < 4.78 is 4.34. The lowest BCUT2D eigenvalue weighted by atomic mass is 10.3. The number of amides is 3. The molecule has 0 radical (unpaired) electrons. The number of esters is 1. The Morgan fingerprint density at radius 2 is 1.76 bits per heavy atom. The molecule has 0 saturated carbocycles. The maximum Gasteiger partial charge on any atom is 0.325 e. The van der Waals surface area contributed by atoms with Gasteiger partial charge >= 0.3 is 12.0 Å². The first-order valence-electron chi connectivity index (χ1n) is 5.45. The van der Waals surface area contributed by atoms with E-state index >= 15 is 0 Å². The summed E-state index contributed by atoms with van der Waals surface area (Å²) >= 11 is 0. The van der Waals surface area contributed by atoms with Gasteiger partial charge < -0.3 is 20.7 Å². The standard InChI is InChI=1S/C10H19N3O4/c1-3-4-5-11-10(16)13-6-8(14)12-7-9(15)17-2/h3-7H2,1-2H3,(H,12,14)(H2,11,13,16). The third kappa shape index (κ3) is 9.16. The van der Waals surface area contributed by atoms with Gasteiger partial charge in [0.05, 0.1) is 13.7 Å². The van der Waals surface area contributed by atoms with Crippen LogP contribution in [0.1, 0.15) is 19.8 Å². The topological polar surface area (TPSA) is 96.5 Å². The van der Waals surface area contributed by atoms with E-state index < -0.39 is 17.9 Å². The third-order valence-corrected chi connectivity index (χ3v) is 1.88. The van der Waals surface area contributed by atoms with Crippen molar-refractivity contribution in [3.05, 3.63) is 0 Å². The number of hydrogen-bond acceptors (Lipinski definition) is 4. The minimum absolute atomic E-state index is 0.172. The molecule has 0 unspecified atom stereocenters. The molecule has 0 aliphatic rings. The fourth-order valence-electron chi connectivity index (χ4n) is 0.907. The molecule has 0 saturated heterocycles. The van der Waals surface area contributed by atoms with Crippen molar-refractivity contribution in [2.45, 2.75) is 19.8 Å². The first-order valence-corrected chi connectivity index (χ1v) is 5.45. The van der Waals surface area contributed by atoms with Crippen molar-refractivity contribution in [1.82, 2.24) is 16.0 Å². The summed E-state index contributed by atoms with van der Waals surface area (Å²) in [5, 5.41) is 7.26. The summed E-state index contributed by atoms with van der Waals surface area (Å²) in [6, 6.07) is -0.397. The van der Waals surface area contributed by atoms with Crippen LogP contribution in [0.15, 0.2) is 0 Å². The number of carbonyl (C=O) groups is 3. The van der Waals surface area contributed by atoms with Crippen LogP contribution in [0, 0.1) is 0 Å². The highest BCUT2D eigenvalue weighted by Gasteiger charge is 2.06. The Kier molecular flexibility index (Phi) is 8.44. The average Bonchev–Trinajstić information content (AvgIpc) is 2.33. The zero-order valence-corrected chi connectivity index (χ0v) is 10.2. The summed E-state index contributed by atoms with van der Waals surface area (Å²) in [4.78, 5) is 33.0. The molecule has 0 heterocycles. The lowest BCUT2D eigenvalue weighted by molar-refractivity contribution is -0.141. The van der Waals surface area contributed by atoms with Crippen LogP contribution in [-0.4, -0.2) is 44.7 Å². The molecule has 7 heteroatoms. The molecule has 0 bridgehead atoms. The monoisotopic (exact) mass is 245 g/mol. The SMILES string of the molecule is CCCCNC(=O)NCC(=O)NCC(=O)OC. The van der Waals surface area contributed by atoms with E-state index in [-0.39, 0.29) is 13.1 Å². The van der Waals surface area contributed by atoms with Crippen LogP contribution in [-0.2, 0) is 14.3 Å². The minimum atomic E-state index is -0.536. The second-order valence-corrected chi connectivity index (χ2v) is 3.32. The Bertz CT molecular complexity index is 268. The van der Waals surface area contributed by atoms with Gasteiger partial charge in [0.2, 0.25) is 5.91 Å². The highest BCUT2D eigenvalue weighted by atomic mass is 16.5. The molecule has 98 valence electrons. The van der Waals surface area contributed by atoms with E-state index in [1.807, 2.05) is 6.92 Å². The van der Waals surface area contributed by atoms with Gasteiger partial charge in [0.15, 0.2) is 0 Å². The molecule has 17 heavy (non-hydrogen) atoms. The first kappa shape index (κ1) is 15.2. The largest absolute Gasteiger partial charge is 0.468 e. The summed E-state index contributed by atoms with van der Waals surface area (Å²) in [6.45, 7) is 2.22. The molecule has 0 aromatic rings. The van der Waals surface area contributed by atoms with Crippen LogP contribution >= 0.6 is 0 Å². The Morgan fingerprint density at radius 1 is 1.06 bits per heavy atom. The van der Waals surface area contributed by atoms with Crippen molar-refractivity contribution < 1.29 is 19.1 Å². The van der Waals surface area contributed by atoms with Crippen molar-refractivity contribution in [3.8, 4) is 0 Å². The van der Waals surface area contributed by atoms with Gasteiger partial charge in [-0.25, -0.2) is 4.79 Å². The molecule has 0 atom stereocenters. The summed E-state index contributed by atoms with van der Waals surface area (Å²) in [6.07, 6.45) is 1.88. The summed E-state index contributed by atoms with van der Waals surface area (Å²) in [5.41, 5.74) is 0. The highest BCUT2D eigenvalue weighted by Crippen LogP contribution is 1.81. The van der Waals surface area contributed by atoms with E-state index in [0.717, 1.165) is 12.8 Å². The van der Waals surface area contributed by atoms with Crippen molar-refractivity contribution in [3.63, 3.8) is 0 Å². The van der Waals surface area contributed by atoms with Crippen molar-refractivity contribution >= 4 is 17.9 Å². The van der Waals surface area contributed by atoms with E-state index in [4.69, 9.17) is 0 Å². The smallest absolute Gasteiger partial charge is 0.325 e. The highest BCUT2D eigenvalue weighted by molar-refractivity contribution is 5.86. The lowest BCUT2D eigenvalue weighted by Crippen LogP contribution is -2.43. The molecule has 3 amide bonds. The number of unbranched alkanes of at least 4 members (excludes halogenated alkanes) is 1. The van der Waals surface area contributed by atoms with E-state index in [0.29, 0.717) is 6.54 Å². The molecular weight excluding hydrogens is 226 g/mol.